The van der Waals surface area contributed by atoms with Crippen molar-refractivity contribution in [3.63, 3.8) is 0 Å². The molecule has 0 saturated heterocycles. The lowest BCUT2D eigenvalue weighted by atomic mass is 10.1. The van der Waals surface area contributed by atoms with Crippen LogP contribution in [0.2, 0.25) is 0 Å². The number of nitrogens with zero attached hydrogens (tertiary/aromatic N) is 2. The summed E-state index contributed by atoms with van der Waals surface area (Å²) in [6, 6.07) is 20.4. The topological polar surface area (TPSA) is 102 Å². The number of anilines is 1. The van der Waals surface area contributed by atoms with Crippen molar-refractivity contribution < 1.29 is 19.2 Å². The highest BCUT2D eigenvalue weighted by molar-refractivity contribution is 6.04. The molecule has 1 aliphatic heterocycles. The smallest absolute Gasteiger partial charge is 0.269 e. The molecule has 1 unspecified atom stereocenters. The van der Waals surface area contributed by atoms with E-state index in [-0.39, 0.29) is 17.5 Å². The van der Waals surface area contributed by atoms with Gasteiger partial charge in [0, 0.05) is 42.0 Å². The molecule has 3 aromatic carbocycles. The highest BCUT2D eigenvalue weighted by Gasteiger charge is 2.30. The van der Waals surface area contributed by atoms with E-state index in [1.165, 1.54) is 24.3 Å². The Balaban J connectivity index is 1.56. The van der Waals surface area contributed by atoms with Crippen molar-refractivity contribution in [3.8, 4) is 5.75 Å². The molecule has 1 N–H and O–H groups in total. The Kier molecular flexibility index (Phi) is 6.35. The zero-order chi connectivity index (χ0) is 23.4. The van der Waals surface area contributed by atoms with Crippen LogP contribution in [-0.2, 0) is 17.9 Å². The van der Waals surface area contributed by atoms with Crippen LogP contribution in [0.4, 0.5) is 11.4 Å². The normalized spacial score (nSPS) is 15.2. The number of rotatable bonds is 6. The first-order valence-electron chi connectivity index (χ1n) is 10.6. The molecule has 0 aliphatic carbocycles. The summed E-state index contributed by atoms with van der Waals surface area (Å²) in [7, 11) is 0. The lowest BCUT2D eigenvalue weighted by Crippen LogP contribution is -2.38. The van der Waals surface area contributed by atoms with Crippen LogP contribution in [0.25, 0.3) is 0 Å². The van der Waals surface area contributed by atoms with Gasteiger partial charge in [0.15, 0.2) is 6.10 Å². The third-order valence-electron chi connectivity index (χ3n) is 5.46. The van der Waals surface area contributed by atoms with Gasteiger partial charge in [0.25, 0.3) is 17.5 Å². The minimum absolute atomic E-state index is 0.0750. The van der Waals surface area contributed by atoms with Gasteiger partial charge in [-0.15, -0.1) is 0 Å². The molecule has 2 amide bonds. The number of hydrogen-bond acceptors (Lipinski definition) is 5. The number of amides is 2. The van der Waals surface area contributed by atoms with Crippen molar-refractivity contribution in [2.24, 2.45) is 0 Å². The molecule has 0 bridgehead atoms. The van der Waals surface area contributed by atoms with Crippen LogP contribution in [0, 0.1) is 10.1 Å². The molecule has 33 heavy (non-hydrogen) atoms. The number of nitrogens with one attached hydrogen (secondary N) is 1. The predicted octanol–water partition coefficient (Wildman–Crippen LogP) is 4.55. The predicted molar refractivity (Wildman–Crippen MR) is 123 cm³/mol. The van der Waals surface area contributed by atoms with Gasteiger partial charge in [-0.2, -0.15) is 0 Å². The molecule has 0 saturated carbocycles. The molecular weight excluding hydrogens is 422 g/mol. The average molecular weight is 445 g/mol. The van der Waals surface area contributed by atoms with Gasteiger partial charge in [-0.1, -0.05) is 37.3 Å². The maximum atomic E-state index is 13.1. The fourth-order valence-electron chi connectivity index (χ4n) is 3.72. The lowest BCUT2D eigenvalue weighted by Gasteiger charge is -2.23. The second-order valence-electron chi connectivity index (χ2n) is 7.78. The second kappa shape index (κ2) is 9.52. The molecule has 0 radical (unpaired) electrons. The van der Waals surface area contributed by atoms with Crippen molar-refractivity contribution in [3.05, 3.63) is 99.6 Å². The van der Waals surface area contributed by atoms with Crippen molar-refractivity contribution in [1.29, 1.82) is 0 Å². The van der Waals surface area contributed by atoms with Gasteiger partial charge >= 0.3 is 0 Å². The minimum atomic E-state index is -0.574. The number of carbonyl (C=O) groups excluding carboxylic acids is 2. The first-order valence-corrected chi connectivity index (χ1v) is 10.6. The summed E-state index contributed by atoms with van der Waals surface area (Å²) in [5.74, 6) is 0.149. The van der Waals surface area contributed by atoms with Crippen LogP contribution in [0.1, 0.15) is 34.8 Å². The number of non-ortho nitro benzene ring substituents is 1. The number of benzene rings is 3. The van der Waals surface area contributed by atoms with Crippen molar-refractivity contribution in [2.45, 2.75) is 32.5 Å². The van der Waals surface area contributed by atoms with E-state index < -0.39 is 11.0 Å². The molecule has 1 aliphatic rings. The standard InChI is InChI=1S/C25H23N3O5/c1-2-22-25(30)27(15-17-6-4-3-5-7-17)16-19-14-20(10-13-23(19)33-22)26-24(29)18-8-11-21(12-9-18)28(31)32/h3-14,22H,2,15-16H2,1H3,(H,26,29). The fourth-order valence-corrected chi connectivity index (χ4v) is 3.72. The Labute approximate surface area is 190 Å². The Morgan fingerprint density at radius 1 is 1.12 bits per heavy atom. The second-order valence-corrected chi connectivity index (χ2v) is 7.78. The number of nitro benzene ring substituents is 1. The van der Waals surface area contributed by atoms with Gasteiger partial charge in [-0.25, -0.2) is 0 Å². The van der Waals surface area contributed by atoms with Crippen LogP contribution in [0.5, 0.6) is 5.75 Å². The molecule has 0 fully saturated rings. The summed E-state index contributed by atoms with van der Waals surface area (Å²) in [6.07, 6.45) is -0.0298. The van der Waals surface area contributed by atoms with Crippen LogP contribution < -0.4 is 10.1 Å². The number of fused-ring (bicyclic) bond motifs is 1. The van der Waals surface area contributed by atoms with Crippen molar-refractivity contribution in [1.82, 2.24) is 4.90 Å². The third-order valence-corrected chi connectivity index (χ3v) is 5.46. The minimum Gasteiger partial charge on any atom is -0.480 e. The van der Waals surface area contributed by atoms with Crippen LogP contribution in [0.15, 0.2) is 72.8 Å². The highest BCUT2D eigenvalue weighted by Crippen LogP contribution is 2.30. The first kappa shape index (κ1) is 22.0. The van der Waals surface area contributed by atoms with E-state index in [2.05, 4.69) is 5.32 Å². The number of carbonyl (C=O) groups is 2. The third kappa shape index (κ3) is 5.01. The fraction of sp³-hybridized carbons (Fsp3) is 0.200. The van der Waals surface area contributed by atoms with E-state index in [0.717, 1.165) is 11.1 Å². The number of ether oxygens (including phenoxy) is 1. The zero-order valence-electron chi connectivity index (χ0n) is 18.1. The summed E-state index contributed by atoms with van der Waals surface area (Å²) < 4.78 is 6.00. The SMILES string of the molecule is CCC1Oc2ccc(NC(=O)c3ccc([N+](=O)[O-])cc3)cc2CN(Cc2ccccc2)C1=O. The molecule has 0 aromatic heterocycles. The highest BCUT2D eigenvalue weighted by atomic mass is 16.6. The lowest BCUT2D eigenvalue weighted by molar-refractivity contribution is -0.384. The van der Waals surface area contributed by atoms with Gasteiger partial charge in [0.1, 0.15) is 5.75 Å². The molecule has 168 valence electrons. The monoisotopic (exact) mass is 445 g/mol. The summed E-state index contributed by atoms with van der Waals surface area (Å²) in [6.45, 7) is 2.71. The summed E-state index contributed by atoms with van der Waals surface area (Å²) in [5.41, 5.74) is 2.58. The molecule has 8 nitrogen and oxygen atoms in total. The van der Waals surface area contributed by atoms with Gasteiger partial charge in [0.05, 0.1) is 4.92 Å². The average Bonchev–Trinajstić information content (AvgIpc) is 2.95. The van der Waals surface area contributed by atoms with E-state index >= 15 is 0 Å². The molecule has 4 rings (SSSR count). The van der Waals surface area contributed by atoms with E-state index in [0.29, 0.717) is 36.5 Å². The summed E-state index contributed by atoms with van der Waals surface area (Å²) in [5, 5.41) is 13.6. The van der Waals surface area contributed by atoms with E-state index in [1.54, 1.807) is 23.1 Å². The summed E-state index contributed by atoms with van der Waals surface area (Å²) >= 11 is 0. The quantitative estimate of drug-likeness (QED) is 0.443. The van der Waals surface area contributed by atoms with Gasteiger partial charge in [-0.05, 0) is 42.3 Å². The molecule has 3 aromatic rings. The van der Waals surface area contributed by atoms with Crippen LogP contribution in [-0.4, -0.2) is 27.7 Å². The van der Waals surface area contributed by atoms with E-state index in [4.69, 9.17) is 4.74 Å². The number of hydrogen-bond donors (Lipinski definition) is 1. The molecule has 8 heteroatoms. The van der Waals surface area contributed by atoms with Gasteiger partial charge in [-0.3, -0.25) is 19.7 Å². The van der Waals surface area contributed by atoms with Crippen LogP contribution in [0.3, 0.4) is 0 Å². The molecule has 0 spiro atoms. The zero-order valence-corrected chi connectivity index (χ0v) is 18.1. The number of nitro groups is 1. The van der Waals surface area contributed by atoms with Crippen molar-refractivity contribution in [2.75, 3.05) is 5.32 Å². The van der Waals surface area contributed by atoms with Crippen molar-refractivity contribution >= 4 is 23.2 Å². The van der Waals surface area contributed by atoms with Gasteiger partial charge in [0.2, 0.25) is 0 Å². The Morgan fingerprint density at radius 2 is 1.85 bits per heavy atom. The van der Waals surface area contributed by atoms with E-state index in [9.17, 15) is 19.7 Å². The first-order chi connectivity index (χ1) is 15.9. The van der Waals surface area contributed by atoms with Crippen LogP contribution >= 0.6 is 0 Å². The van der Waals surface area contributed by atoms with E-state index in [1.807, 2.05) is 37.3 Å². The van der Waals surface area contributed by atoms with Gasteiger partial charge < -0.3 is 15.0 Å². The Morgan fingerprint density at radius 3 is 2.52 bits per heavy atom. The molecule has 1 atom stereocenters. The Bertz CT molecular complexity index is 1180. The molecule has 1 heterocycles. The summed E-state index contributed by atoms with van der Waals surface area (Å²) in [4.78, 5) is 37.7. The molecular formula is C25H23N3O5. The Hall–Kier alpha value is -4.20. The maximum Gasteiger partial charge on any atom is 0.269 e. The largest absolute Gasteiger partial charge is 0.480 e. The maximum absolute atomic E-state index is 13.1.